The number of carbonyl (C=O) groups excluding carboxylic acids is 2. The zero-order chi connectivity index (χ0) is 19.3. The summed E-state index contributed by atoms with van der Waals surface area (Å²) in [6, 6.07) is 12.6. The highest BCUT2D eigenvalue weighted by atomic mass is 19.4. The van der Waals surface area contributed by atoms with Crippen molar-refractivity contribution in [2.75, 3.05) is 16.8 Å². The van der Waals surface area contributed by atoms with Gasteiger partial charge in [0, 0.05) is 6.92 Å². The van der Waals surface area contributed by atoms with Crippen LogP contribution in [0.5, 0.6) is 0 Å². The van der Waals surface area contributed by atoms with E-state index in [9.17, 15) is 22.8 Å². The molecule has 0 saturated heterocycles. The largest absolute Gasteiger partial charge is 0.418 e. The second-order valence-corrected chi connectivity index (χ2v) is 5.33. The van der Waals surface area contributed by atoms with Gasteiger partial charge in [-0.05, 0) is 24.3 Å². The second-order valence-electron chi connectivity index (χ2n) is 5.33. The number of amides is 2. The van der Waals surface area contributed by atoms with Crippen LogP contribution in [0.2, 0.25) is 0 Å². The molecule has 0 heterocycles. The van der Waals surface area contributed by atoms with Gasteiger partial charge in [0.1, 0.15) is 12.6 Å². The summed E-state index contributed by atoms with van der Waals surface area (Å²) >= 11 is 0. The lowest BCUT2D eigenvalue weighted by Crippen LogP contribution is -2.37. The van der Waals surface area contributed by atoms with Crippen LogP contribution in [0.25, 0.3) is 0 Å². The van der Waals surface area contributed by atoms with Gasteiger partial charge in [-0.2, -0.15) is 18.4 Å². The van der Waals surface area contributed by atoms with Crippen molar-refractivity contribution in [1.82, 2.24) is 0 Å². The molecule has 0 aliphatic carbocycles. The molecule has 2 aromatic rings. The van der Waals surface area contributed by atoms with Crippen molar-refractivity contribution >= 4 is 23.2 Å². The van der Waals surface area contributed by atoms with Gasteiger partial charge < -0.3 is 10.2 Å². The van der Waals surface area contributed by atoms with E-state index in [2.05, 4.69) is 5.32 Å². The molecule has 1 N–H and O–H groups in total. The molecule has 134 valence electrons. The molecule has 0 saturated carbocycles. The Bertz CT molecular complexity index is 872. The maximum atomic E-state index is 13.0. The first-order valence-corrected chi connectivity index (χ1v) is 7.47. The fraction of sp³-hybridized carbons (Fsp3) is 0.167. The molecular formula is C18H14F3N3O2. The number of halogens is 3. The first-order chi connectivity index (χ1) is 12.2. The van der Waals surface area contributed by atoms with Crippen molar-refractivity contribution in [2.24, 2.45) is 0 Å². The summed E-state index contributed by atoms with van der Waals surface area (Å²) in [5.41, 5.74) is -1.00. The predicted molar refractivity (Wildman–Crippen MR) is 89.3 cm³/mol. The van der Waals surface area contributed by atoms with Gasteiger partial charge in [-0.25, -0.2) is 0 Å². The van der Waals surface area contributed by atoms with Crippen molar-refractivity contribution in [3.63, 3.8) is 0 Å². The van der Waals surface area contributed by atoms with Crippen LogP contribution < -0.4 is 10.2 Å². The summed E-state index contributed by atoms with van der Waals surface area (Å²) in [5.74, 6) is -1.34. The lowest BCUT2D eigenvalue weighted by Gasteiger charge is -2.22. The highest BCUT2D eigenvalue weighted by molar-refractivity contribution is 6.02. The van der Waals surface area contributed by atoms with Crippen LogP contribution in [0.15, 0.2) is 48.5 Å². The number of hydrogen-bond donors (Lipinski definition) is 1. The van der Waals surface area contributed by atoms with Gasteiger partial charge in [-0.3, -0.25) is 9.59 Å². The van der Waals surface area contributed by atoms with E-state index < -0.39 is 35.8 Å². The average molecular weight is 361 g/mol. The molecular weight excluding hydrogens is 347 g/mol. The number of anilines is 2. The molecule has 0 fully saturated rings. The Morgan fingerprint density at radius 2 is 1.73 bits per heavy atom. The summed E-state index contributed by atoms with van der Waals surface area (Å²) in [7, 11) is 0. The van der Waals surface area contributed by atoms with Crippen LogP contribution in [-0.2, 0) is 15.8 Å². The monoisotopic (exact) mass is 361 g/mol. The highest BCUT2D eigenvalue weighted by Crippen LogP contribution is 2.34. The van der Waals surface area contributed by atoms with Gasteiger partial charge in [0.15, 0.2) is 0 Å². The first-order valence-electron chi connectivity index (χ1n) is 7.47. The third-order valence-corrected chi connectivity index (χ3v) is 3.50. The lowest BCUT2D eigenvalue weighted by molar-refractivity contribution is -0.137. The zero-order valence-corrected chi connectivity index (χ0v) is 13.7. The van der Waals surface area contributed by atoms with E-state index in [1.165, 1.54) is 31.2 Å². The third-order valence-electron chi connectivity index (χ3n) is 3.50. The quantitative estimate of drug-likeness (QED) is 0.905. The van der Waals surface area contributed by atoms with Gasteiger partial charge in [0.25, 0.3) is 0 Å². The number of nitrogens with one attached hydrogen (secondary N) is 1. The number of alkyl halides is 3. The molecule has 0 atom stereocenters. The summed E-state index contributed by atoms with van der Waals surface area (Å²) in [6.07, 6.45) is -4.63. The van der Waals surface area contributed by atoms with E-state index in [1.54, 1.807) is 12.1 Å². The molecule has 0 bridgehead atoms. The summed E-state index contributed by atoms with van der Waals surface area (Å²) in [4.78, 5) is 25.1. The van der Waals surface area contributed by atoms with Crippen LogP contribution in [0, 0.1) is 11.3 Å². The number of nitrogens with zero attached hydrogens (tertiary/aromatic N) is 2. The van der Waals surface area contributed by atoms with Gasteiger partial charge in [0.2, 0.25) is 11.8 Å². The molecule has 5 nitrogen and oxygen atoms in total. The molecule has 8 heteroatoms. The van der Waals surface area contributed by atoms with Crippen LogP contribution >= 0.6 is 0 Å². The van der Waals surface area contributed by atoms with E-state index in [0.29, 0.717) is 0 Å². The zero-order valence-electron chi connectivity index (χ0n) is 13.7. The minimum absolute atomic E-state index is 0.172. The van der Waals surface area contributed by atoms with Gasteiger partial charge in [-0.1, -0.05) is 24.3 Å². The Hall–Kier alpha value is -3.34. The molecule has 0 aliphatic rings. The molecule has 0 spiro atoms. The standard InChI is InChI=1S/C18H14F3N3O2/c1-12(25)24(16-9-5-2-6-13(16)10-22)11-17(26)23-15-8-4-3-7-14(15)18(19,20)21/h2-9H,11H2,1H3,(H,23,26). The molecule has 0 aliphatic heterocycles. The minimum Gasteiger partial charge on any atom is -0.324 e. The molecule has 0 unspecified atom stereocenters. The van der Waals surface area contributed by atoms with Crippen LogP contribution in [0.1, 0.15) is 18.1 Å². The fourth-order valence-corrected chi connectivity index (χ4v) is 2.34. The molecule has 2 amide bonds. The molecule has 2 rings (SSSR count). The predicted octanol–water partition coefficient (Wildman–Crippen LogP) is 3.57. The number of hydrogen-bond acceptors (Lipinski definition) is 3. The van der Waals surface area contributed by atoms with E-state index in [1.807, 2.05) is 6.07 Å². The Balaban J connectivity index is 2.26. The maximum absolute atomic E-state index is 13.0. The van der Waals surface area contributed by atoms with Crippen molar-refractivity contribution in [1.29, 1.82) is 5.26 Å². The Morgan fingerprint density at radius 3 is 2.35 bits per heavy atom. The third kappa shape index (κ3) is 4.39. The van der Waals surface area contributed by atoms with Gasteiger partial charge >= 0.3 is 6.18 Å². The van der Waals surface area contributed by atoms with Crippen LogP contribution in [0.4, 0.5) is 24.5 Å². The number of para-hydroxylation sites is 2. The van der Waals surface area contributed by atoms with Gasteiger partial charge in [-0.15, -0.1) is 0 Å². The molecule has 26 heavy (non-hydrogen) atoms. The summed E-state index contributed by atoms with van der Waals surface area (Å²) in [5, 5.41) is 11.3. The second kappa shape index (κ2) is 7.70. The highest BCUT2D eigenvalue weighted by Gasteiger charge is 2.33. The van der Waals surface area contributed by atoms with Crippen LogP contribution in [0.3, 0.4) is 0 Å². The van der Waals surface area contributed by atoms with Crippen molar-refractivity contribution in [2.45, 2.75) is 13.1 Å². The number of nitriles is 1. The minimum atomic E-state index is -4.63. The normalized spacial score (nSPS) is 10.7. The first kappa shape index (κ1) is 19.0. The number of carbonyl (C=O) groups is 2. The topological polar surface area (TPSA) is 73.2 Å². The van der Waals surface area contributed by atoms with E-state index >= 15 is 0 Å². The van der Waals surface area contributed by atoms with E-state index in [4.69, 9.17) is 5.26 Å². The van der Waals surface area contributed by atoms with Crippen molar-refractivity contribution in [3.8, 4) is 6.07 Å². The summed E-state index contributed by atoms with van der Waals surface area (Å²) < 4.78 is 39.0. The number of benzene rings is 2. The number of rotatable bonds is 4. The van der Waals surface area contributed by atoms with Crippen molar-refractivity contribution in [3.05, 3.63) is 59.7 Å². The Labute approximate surface area is 147 Å². The maximum Gasteiger partial charge on any atom is 0.418 e. The summed E-state index contributed by atoms with van der Waals surface area (Å²) in [6.45, 7) is 0.672. The molecule has 2 aromatic carbocycles. The lowest BCUT2D eigenvalue weighted by atomic mass is 10.1. The van der Waals surface area contributed by atoms with Crippen molar-refractivity contribution < 1.29 is 22.8 Å². The molecule has 0 aromatic heterocycles. The Kier molecular flexibility index (Phi) is 5.62. The average Bonchev–Trinajstić information content (AvgIpc) is 2.59. The smallest absolute Gasteiger partial charge is 0.324 e. The fourth-order valence-electron chi connectivity index (χ4n) is 2.34. The molecule has 0 radical (unpaired) electrons. The van der Waals surface area contributed by atoms with Crippen LogP contribution in [-0.4, -0.2) is 18.4 Å². The SMILES string of the molecule is CC(=O)N(CC(=O)Nc1ccccc1C(F)(F)F)c1ccccc1C#N. The van der Waals surface area contributed by atoms with Gasteiger partial charge in [0.05, 0.1) is 22.5 Å². The van der Waals surface area contributed by atoms with E-state index in [-0.39, 0.29) is 11.3 Å². The van der Waals surface area contributed by atoms with E-state index in [0.717, 1.165) is 17.0 Å². The Morgan fingerprint density at radius 1 is 1.12 bits per heavy atom.